The Morgan fingerprint density at radius 1 is 0.939 bits per heavy atom. The summed E-state index contributed by atoms with van der Waals surface area (Å²) >= 11 is 12.5. The molecule has 1 amide bonds. The fourth-order valence-electron chi connectivity index (χ4n) is 5.56. The maximum atomic E-state index is 13.4. The minimum Gasteiger partial charge on any atom is -0.386 e. The van der Waals surface area contributed by atoms with Crippen LogP contribution in [0.25, 0.3) is 0 Å². The number of hydrogen-bond acceptors (Lipinski definition) is 6. The summed E-state index contributed by atoms with van der Waals surface area (Å²) < 4.78 is 86.2. The zero-order valence-corrected chi connectivity index (χ0v) is 27.9. The van der Waals surface area contributed by atoms with E-state index in [-0.39, 0.29) is 34.0 Å². The molecule has 266 valence electrons. The van der Waals surface area contributed by atoms with Gasteiger partial charge in [-0.05, 0) is 72.8 Å². The number of benzene rings is 3. The second-order valence-electron chi connectivity index (χ2n) is 11.7. The zero-order valence-electron chi connectivity index (χ0n) is 26.4. The Balaban J connectivity index is 1.57. The smallest absolute Gasteiger partial charge is 0.386 e. The number of carbonyl (C=O) groups excluding carboxylic acids is 1. The van der Waals surface area contributed by atoms with Crippen LogP contribution in [-0.4, -0.2) is 61.5 Å². The van der Waals surface area contributed by atoms with Gasteiger partial charge in [-0.3, -0.25) is 4.79 Å². The van der Waals surface area contributed by atoms with Crippen LogP contribution in [0.4, 0.5) is 26.3 Å². The fourth-order valence-corrected chi connectivity index (χ4v) is 5.87. The predicted octanol–water partition coefficient (Wildman–Crippen LogP) is 7.82. The number of carbonyl (C=O) groups is 1. The Morgan fingerprint density at radius 2 is 1.57 bits per heavy atom. The number of halogens is 8. The third-order valence-electron chi connectivity index (χ3n) is 8.30. The summed E-state index contributed by atoms with van der Waals surface area (Å²) in [6, 6.07) is 15.6. The van der Waals surface area contributed by atoms with Crippen LogP contribution in [0.15, 0.2) is 71.9 Å². The first-order valence-corrected chi connectivity index (χ1v) is 16.1. The maximum Gasteiger partial charge on any atom is 0.416 e. The average molecular weight is 735 g/mol. The number of amides is 1. The molecular formula is C34H35Cl2F6N3O4. The standard InChI is InChI=1S/C34H35Cl2F6N3O4/c1-43-31(46)21-49-44-30(20-48-19-22-15-25(33(37,38)39)18-26(16-22)34(40,41)42)27(23-7-8-28(35)29(36)17-23)9-12-45-13-10-32(47,11-14-45)24-5-3-2-4-6-24/h2-8,15-18,27,47H,9-14,19-21H2,1H3,(H,43,46)/b44-30+. The Labute approximate surface area is 289 Å². The molecule has 4 rings (SSSR count). The van der Waals surface area contributed by atoms with E-state index in [1.807, 2.05) is 30.3 Å². The largest absolute Gasteiger partial charge is 0.416 e. The van der Waals surface area contributed by atoms with Crippen molar-refractivity contribution in [1.82, 2.24) is 10.2 Å². The Morgan fingerprint density at radius 3 is 2.14 bits per heavy atom. The van der Waals surface area contributed by atoms with E-state index in [1.165, 1.54) is 7.05 Å². The van der Waals surface area contributed by atoms with Gasteiger partial charge in [0.05, 0.1) is 45.7 Å². The van der Waals surface area contributed by atoms with Gasteiger partial charge in [0.25, 0.3) is 5.91 Å². The van der Waals surface area contributed by atoms with E-state index < -0.39 is 54.1 Å². The molecule has 2 N–H and O–H groups in total. The lowest BCUT2D eigenvalue weighted by Gasteiger charge is -2.39. The van der Waals surface area contributed by atoms with Gasteiger partial charge in [-0.2, -0.15) is 26.3 Å². The molecule has 0 bridgehead atoms. The topological polar surface area (TPSA) is 83.4 Å². The van der Waals surface area contributed by atoms with Crippen molar-refractivity contribution in [3.63, 3.8) is 0 Å². The van der Waals surface area contributed by atoms with Crippen LogP contribution in [0.1, 0.15) is 53.0 Å². The molecule has 49 heavy (non-hydrogen) atoms. The third-order valence-corrected chi connectivity index (χ3v) is 9.04. The molecule has 3 aromatic carbocycles. The van der Waals surface area contributed by atoms with Crippen LogP contribution in [-0.2, 0) is 38.9 Å². The molecule has 3 aromatic rings. The summed E-state index contributed by atoms with van der Waals surface area (Å²) in [5, 5.41) is 18.3. The van der Waals surface area contributed by atoms with Crippen LogP contribution in [0.3, 0.4) is 0 Å². The Kier molecular flexibility index (Phi) is 13.0. The average Bonchev–Trinajstić information content (AvgIpc) is 3.06. The van der Waals surface area contributed by atoms with Gasteiger partial charge in [0.15, 0.2) is 6.61 Å². The monoisotopic (exact) mass is 733 g/mol. The molecule has 0 saturated carbocycles. The summed E-state index contributed by atoms with van der Waals surface area (Å²) in [6.45, 7) is 0.219. The number of ether oxygens (including phenoxy) is 1. The van der Waals surface area contributed by atoms with E-state index >= 15 is 0 Å². The van der Waals surface area contributed by atoms with E-state index in [9.17, 15) is 36.2 Å². The van der Waals surface area contributed by atoms with E-state index in [2.05, 4.69) is 15.4 Å². The van der Waals surface area contributed by atoms with Gasteiger partial charge in [0.1, 0.15) is 0 Å². The summed E-state index contributed by atoms with van der Waals surface area (Å²) in [5.74, 6) is -1.07. The van der Waals surface area contributed by atoms with Crippen molar-refractivity contribution in [3.8, 4) is 0 Å². The minimum absolute atomic E-state index is 0.0462. The fraction of sp³-hybridized carbons (Fsp3) is 0.412. The van der Waals surface area contributed by atoms with Crippen LogP contribution in [0.5, 0.6) is 0 Å². The number of hydrogen-bond donors (Lipinski definition) is 2. The number of aliphatic hydroxyl groups is 1. The number of piperidine rings is 1. The van der Waals surface area contributed by atoms with Crippen molar-refractivity contribution < 1.29 is 45.8 Å². The van der Waals surface area contributed by atoms with E-state index in [1.54, 1.807) is 18.2 Å². The number of rotatable bonds is 13. The minimum atomic E-state index is -5.01. The van der Waals surface area contributed by atoms with Crippen molar-refractivity contribution >= 4 is 34.8 Å². The van der Waals surface area contributed by atoms with Gasteiger partial charge < -0.3 is 24.9 Å². The summed E-state index contributed by atoms with van der Waals surface area (Å²) in [4.78, 5) is 19.3. The van der Waals surface area contributed by atoms with Crippen molar-refractivity contribution in [1.29, 1.82) is 0 Å². The summed E-state index contributed by atoms with van der Waals surface area (Å²) in [7, 11) is 1.40. The van der Waals surface area contributed by atoms with Crippen molar-refractivity contribution in [2.75, 3.05) is 39.9 Å². The van der Waals surface area contributed by atoms with Crippen LogP contribution < -0.4 is 5.32 Å². The Hall–Kier alpha value is -3.36. The van der Waals surface area contributed by atoms with Crippen molar-refractivity contribution in [2.45, 2.75) is 49.7 Å². The number of nitrogens with one attached hydrogen (secondary N) is 1. The molecule has 1 aliphatic rings. The molecule has 1 saturated heterocycles. The number of alkyl halides is 6. The van der Waals surface area contributed by atoms with Gasteiger partial charge in [-0.25, -0.2) is 0 Å². The highest BCUT2D eigenvalue weighted by Gasteiger charge is 2.37. The third kappa shape index (κ3) is 10.8. The second kappa shape index (κ2) is 16.6. The normalized spacial score (nSPS) is 16.3. The first-order chi connectivity index (χ1) is 23.1. The molecule has 1 aliphatic heterocycles. The highest BCUT2D eigenvalue weighted by atomic mass is 35.5. The molecule has 0 spiro atoms. The number of oxime groups is 1. The van der Waals surface area contributed by atoms with E-state index in [0.29, 0.717) is 56.6 Å². The molecular weight excluding hydrogens is 699 g/mol. The first kappa shape index (κ1) is 38.4. The SMILES string of the molecule is CNC(=O)CO/N=C(\COCc1cc(C(F)(F)F)cc(C(F)(F)F)c1)C(CCN1CCC(O)(c2ccccc2)CC1)c1ccc(Cl)c(Cl)c1. The van der Waals surface area contributed by atoms with Crippen LogP contribution in [0.2, 0.25) is 10.0 Å². The lowest BCUT2D eigenvalue weighted by molar-refractivity contribution is -0.143. The van der Waals surface area contributed by atoms with E-state index in [4.69, 9.17) is 32.8 Å². The molecule has 1 fully saturated rings. The van der Waals surface area contributed by atoms with Gasteiger partial charge in [0, 0.05) is 26.1 Å². The van der Waals surface area contributed by atoms with Crippen molar-refractivity contribution in [2.24, 2.45) is 5.16 Å². The lowest BCUT2D eigenvalue weighted by Crippen LogP contribution is -2.43. The highest BCUT2D eigenvalue weighted by Crippen LogP contribution is 2.37. The van der Waals surface area contributed by atoms with Gasteiger partial charge in [-0.15, -0.1) is 0 Å². The van der Waals surface area contributed by atoms with Gasteiger partial charge in [0.2, 0.25) is 0 Å². The molecule has 15 heteroatoms. The summed E-state index contributed by atoms with van der Waals surface area (Å²) in [6.07, 6.45) is -8.65. The highest BCUT2D eigenvalue weighted by molar-refractivity contribution is 6.42. The Bertz CT molecular complexity index is 1560. The molecule has 0 radical (unpaired) electrons. The van der Waals surface area contributed by atoms with E-state index in [0.717, 1.165) is 5.56 Å². The molecule has 1 atom stereocenters. The number of likely N-dealkylation sites (tertiary alicyclic amines) is 1. The number of likely N-dealkylation sites (N-methyl/N-ethyl adjacent to an activating group) is 1. The zero-order chi connectivity index (χ0) is 35.8. The van der Waals surface area contributed by atoms with Crippen molar-refractivity contribution in [3.05, 3.63) is 105 Å². The second-order valence-corrected chi connectivity index (χ2v) is 12.5. The quantitative estimate of drug-likeness (QED) is 0.106. The number of nitrogens with zero attached hydrogens (tertiary/aromatic N) is 2. The molecule has 7 nitrogen and oxygen atoms in total. The molecule has 1 heterocycles. The lowest BCUT2D eigenvalue weighted by atomic mass is 9.84. The first-order valence-electron chi connectivity index (χ1n) is 15.3. The maximum absolute atomic E-state index is 13.4. The molecule has 0 aromatic heterocycles. The predicted molar refractivity (Wildman–Crippen MR) is 173 cm³/mol. The summed E-state index contributed by atoms with van der Waals surface area (Å²) in [5.41, 5.74) is -2.55. The molecule has 1 unspecified atom stereocenters. The van der Waals surface area contributed by atoms with Gasteiger partial charge >= 0.3 is 12.4 Å². The molecule has 0 aliphatic carbocycles. The van der Waals surface area contributed by atoms with Gasteiger partial charge in [-0.1, -0.05) is 64.8 Å². The van der Waals surface area contributed by atoms with Crippen LogP contribution in [0, 0.1) is 0 Å². The van der Waals surface area contributed by atoms with Crippen LogP contribution >= 0.6 is 23.2 Å².